The summed E-state index contributed by atoms with van der Waals surface area (Å²) >= 11 is 0. The molecule has 4 amide bonds. The highest BCUT2D eigenvalue weighted by Crippen LogP contribution is 2.65. The lowest BCUT2D eigenvalue weighted by Crippen LogP contribution is -2.65. The second-order valence-electron chi connectivity index (χ2n) is 15.5. The van der Waals surface area contributed by atoms with Gasteiger partial charge in [0.15, 0.2) is 0 Å². The largest absolute Gasteiger partial charge is 0.481 e. The number of benzene rings is 1. The van der Waals surface area contributed by atoms with Crippen LogP contribution in [0.25, 0.3) is 0 Å². The SMILES string of the molecule is CC1(C)[C@H]2CC3OB([C@@H]4CCCCCCCCCNC(=O)N5C[C@H](OC(=O)N6Cc7ccccc7C6)C[C@H]5C(=O)N4)O[C@]3(C)[C@@H]1C2. The van der Waals surface area contributed by atoms with Crippen molar-refractivity contribution in [2.24, 2.45) is 17.3 Å². The molecule has 10 nitrogen and oxygen atoms in total. The van der Waals surface area contributed by atoms with Crippen molar-refractivity contribution in [3.05, 3.63) is 35.4 Å². The van der Waals surface area contributed by atoms with E-state index in [1.807, 2.05) is 24.3 Å². The predicted molar refractivity (Wildman–Crippen MR) is 173 cm³/mol. The summed E-state index contributed by atoms with van der Waals surface area (Å²) < 4.78 is 19.4. The number of rotatable bonds is 2. The van der Waals surface area contributed by atoms with E-state index < -0.39 is 25.4 Å². The van der Waals surface area contributed by atoms with Gasteiger partial charge in [-0.25, -0.2) is 9.59 Å². The summed E-state index contributed by atoms with van der Waals surface area (Å²) in [5.41, 5.74) is 2.10. The number of hydrogen-bond donors (Lipinski definition) is 2. The van der Waals surface area contributed by atoms with Crippen LogP contribution in [-0.4, -0.2) is 77.8 Å². The summed E-state index contributed by atoms with van der Waals surface area (Å²) in [6.45, 7) is 8.64. The molecule has 0 radical (unpaired) electrons. The van der Waals surface area contributed by atoms with E-state index >= 15 is 0 Å². The van der Waals surface area contributed by atoms with Crippen LogP contribution in [0.4, 0.5) is 9.59 Å². The van der Waals surface area contributed by atoms with Crippen molar-refractivity contribution in [3.63, 3.8) is 0 Å². The predicted octanol–water partition coefficient (Wildman–Crippen LogP) is 5.18. The van der Waals surface area contributed by atoms with Gasteiger partial charge in [-0.2, -0.15) is 0 Å². The number of nitrogens with zero attached hydrogens (tertiary/aromatic N) is 2. The van der Waals surface area contributed by atoms with Gasteiger partial charge in [-0.15, -0.1) is 0 Å². The van der Waals surface area contributed by atoms with Crippen LogP contribution in [0, 0.1) is 17.3 Å². The van der Waals surface area contributed by atoms with Crippen LogP contribution in [0.1, 0.15) is 103 Å². The molecule has 1 aromatic rings. The number of ether oxygens (including phenoxy) is 1. The van der Waals surface area contributed by atoms with Crippen molar-refractivity contribution < 1.29 is 28.4 Å². The Balaban J connectivity index is 1.06. The molecule has 3 saturated heterocycles. The van der Waals surface area contributed by atoms with Gasteiger partial charge in [0.05, 0.1) is 24.2 Å². The molecule has 4 heterocycles. The molecule has 4 aliphatic heterocycles. The molecule has 3 saturated carbocycles. The molecule has 3 aliphatic carbocycles. The van der Waals surface area contributed by atoms with Crippen molar-refractivity contribution in [3.8, 4) is 0 Å². The Labute approximate surface area is 273 Å². The smallest absolute Gasteiger partial charge is 0.444 e. The third-order valence-corrected chi connectivity index (χ3v) is 12.3. The van der Waals surface area contributed by atoms with Crippen LogP contribution in [0.2, 0.25) is 0 Å². The average Bonchev–Trinajstić information content (AvgIpc) is 3.75. The molecule has 0 aromatic heterocycles. The van der Waals surface area contributed by atoms with Gasteiger partial charge in [-0.1, -0.05) is 76.6 Å². The summed E-state index contributed by atoms with van der Waals surface area (Å²) in [7, 11) is -0.526. The fraction of sp³-hybridized carbons (Fsp3) is 0.743. The molecule has 0 spiro atoms. The standard InChI is InChI=1S/C35H51BN4O6/c1-34(2)25-17-28(34)35(3)29(18-25)45-36(46-35)30-15-9-7-5-4-6-8-12-16-37-32(42)40-22-26(19-27(40)31(41)38-30)44-33(43)39-20-23-13-10-11-14-24(23)21-39/h10-11,13-14,25-30H,4-9,12,15-22H2,1-3H3,(H,37,42)(H,38,41)/t25-,26-,27+,28-,29?,30+,35-/m1/s1. The van der Waals surface area contributed by atoms with E-state index in [0.717, 1.165) is 62.5 Å². The van der Waals surface area contributed by atoms with Gasteiger partial charge in [-0.3, -0.25) is 9.69 Å². The van der Waals surface area contributed by atoms with Gasteiger partial charge in [0, 0.05) is 26.1 Å². The van der Waals surface area contributed by atoms with E-state index in [2.05, 4.69) is 31.4 Å². The van der Waals surface area contributed by atoms with E-state index in [1.54, 1.807) is 9.80 Å². The van der Waals surface area contributed by atoms with Crippen molar-refractivity contribution in [1.29, 1.82) is 0 Å². The van der Waals surface area contributed by atoms with E-state index in [-0.39, 0.29) is 48.0 Å². The molecule has 250 valence electrons. The van der Waals surface area contributed by atoms with Crippen LogP contribution in [0.5, 0.6) is 0 Å². The first-order valence-corrected chi connectivity index (χ1v) is 17.8. The minimum atomic E-state index is -0.755. The molecule has 6 fully saturated rings. The third-order valence-electron chi connectivity index (χ3n) is 12.3. The van der Waals surface area contributed by atoms with Crippen molar-refractivity contribution in [2.75, 3.05) is 13.1 Å². The van der Waals surface area contributed by atoms with E-state index in [4.69, 9.17) is 14.0 Å². The van der Waals surface area contributed by atoms with Crippen LogP contribution >= 0.6 is 0 Å². The maximum atomic E-state index is 14.1. The maximum Gasteiger partial charge on any atom is 0.481 e. The number of amides is 4. The summed E-state index contributed by atoms with van der Waals surface area (Å²) in [6.07, 6.45) is 9.72. The first kappa shape index (κ1) is 31.8. The van der Waals surface area contributed by atoms with Gasteiger partial charge in [0.1, 0.15) is 12.1 Å². The number of carbonyl (C=O) groups excluding carboxylic acids is 3. The molecule has 1 unspecified atom stereocenters. The van der Waals surface area contributed by atoms with Crippen molar-refractivity contribution in [1.82, 2.24) is 20.4 Å². The highest BCUT2D eigenvalue weighted by atomic mass is 16.7. The van der Waals surface area contributed by atoms with Crippen LogP contribution < -0.4 is 10.6 Å². The average molecular weight is 635 g/mol. The topological polar surface area (TPSA) is 109 Å². The van der Waals surface area contributed by atoms with E-state index in [1.165, 1.54) is 12.8 Å². The molecule has 11 heteroatoms. The Kier molecular flexibility index (Phi) is 8.76. The lowest BCUT2D eigenvalue weighted by molar-refractivity contribution is -0.199. The van der Waals surface area contributed by atoms with Crippen LogP contribution in [0.15, 0.2) is 24.3 Å². The normalized spacial score (nSPS) is 36.2. The Morgan fingerprint density at radius 1 is 0.957 bits per heavy atom. The molecule has 46 heavy (non-hydrogen) atoms. The Bertz CT molecular complexity index is 1300. The molecule has 7 aliphatic rings. The number of urea groups is 1. The van der Waals surface area contributed by atoms with Crippen LogP contribution in [-0.2, 0) is 31.9 Å². The minimum Gasteiger partial charge on any atom is -0.444 e. The fourth-order valence-electron chi connectivity index (χ4n) is 9.33. The molecule has 2 N–H and O–H groups in total. The Morgan fingerprint density at radius 3 is 2.37 bits per heavy atom. The molecule has 1 aromatic carbocycles. The quantitative estimate of drug-likeness (QED) is 0.435. The number of carbonyl (C=O) groups is 3. The number of hydrogen-bond acceptors (Lipinski definition) is 6. The Hall–Kier alpha value is -2.79. The monoisotopic (exact) mass is 634 g/mol. The fourth-order valence-corrected chi connectivity index (χ4v) is 9.33. The maximum absolute atomic E-state index is 14.1. The van der Waals surface area contributed by atoms with Gasteiger partial charge in [0.2, 0.25) is 5.91 Å². The second-order valence-corrected chi connectivity index (χ2v) is 15.5. The zero-order valence-corrected chi connectivity index (χ0v) is 27.8. The zero-order valence-electron chi connectivity index (χ0n) is 27.8. The third kappa shape index (κ3) is 5.91. The molecule has 7 atom stereocenters. The molecule has 8 rings (SSSR count). The van der Waals surface area contributed by atoms with Gasteiger partial charge >= 0.3 is 19.2 Å². The highest BCUT2D eigenvalue weighted by molar-refractivity contribution is 6.47. The first-order chi connectivity index (χ1) is 22.1. The lowest BCUT2D eigenvalue weighted by atomic mass is 9.43. The Morgan fingerprint density at radius 2 is 1.65 bits per heavy atom. The summed E-state index contributed by atoms with van der Waals surface area (Å²) in [4.78, 5) is 44.0. The van der Waals surface area contributed by atoms with E-state index in [9.17, 15) is 14.4 Å². The van der Waals surface area contributed by atoms with Crippen LogP contribution in [0.3, 0.4) is 0 Å². The molecular weight excluding hydrogens is 583 g/mol. The molecular formula is C35H51BN4O6. The number of fused-ring (bicyclic) bond motifs is 2. The number of nitrogens with one attached hydrogen (secondary N) is 2. The molecule has 2 bridgehead atoms. The summed E-state index contributed by atoms with van der Waals surface area (Å²) in [5, 5.41) is 6.31. The van der Waals surface area contributed by atoms with Gasteiger partial charge < -0.3 is 29.6 Å². The second kappa shape index (κ2) is 12.7. The van der Waals surface area contributed by atoms with Gasteiger partial charge in [-0.05, 0) is 61.0 Å². The summed E-state index contributed by atoms with van der Waals surface area (Å²) in [5.74, 6) is 0.516. The van der Waals surface area contributed by atoms with E-state index in [0.29, 0.717) is 31.5 Å². The van der Waals surface area contributed by atoms with Crippen molar-refractivity contribution >= 4 is 25.1 Å². The minimum absolute atomic E-state index is 0.0285. The zero-order chi connectivity index (χ0) is 32.1. The van der Waals surface area contributed by atoms with Gasteiger partial charge in [0.25, 0.3) is 0 Å². The summed E-state index contributed by atoms with van der Waals surface area (Å²) in [6, 6.07) is 6.96. The first-order valence-electron chi connectivity index (χ1n) is 17.8. The lowest BCUT2D eigenvalue weighted by Gasteiger charge is -2.64. The highest BCUT2D eigenvalue weighted by Gasteiger charge is 2.68. The van der Waals surface area contributed by atoms with Crippen molar-refractivity contribution in [2.45, 2.75) is 134 Å².